The molecule has 7 heteroatoms. The molecule has 0 saturated heterocycles. The van der Waals surface area contributed by atoms with Gasteiger partial charge in [0.05, 0.1) is 25.1 Å². The van der Waals surface area contributed by atoms with Gasteiger partial charge in [-0.15, -0.1) is 0 Å². The van der Waals surface area contributed by atoms with Gasteiger partial charge >= 0.3 is 0 Å². The van der Waals surface area contributed by atoms with Crippen LogP contribution in [0, 0.1) is 0 Å². The monoisotopic (exact) mass is 268 g/mol. The van der Waals surface area contributed by atoms with Gasteiger partial charge in [0.2, 0.25) is 10.0 Å². The standard InChI is InChI=1S/C10H24N2O4S/c1-10(2)16-8-9-17(13,14)12(5-4-11)6-7-15-3/h10H,4-9,11H2,1-3H3. The maximum absolute atomic E-state index is 11.9. The van der Waals surface area contributed by atoms with Crippen molar-refractivity contribution in [3.8, 4) is 0 Å². The van der Waals surface area contributed by atoms with E-state index in [1.807, 2.05) is 13.8 Å². The summed E-state index contributed by atoms with van der Waals surface area (Å²) in [6.07, 6.45) is 0.0344. The van der Waals surface area contributed by atoms with E-state index >= 15 is 0 Å². The Kier molecular flexibility index (Phi) is 8.71. The number of nitrogens with zero attached hydrogens (tertiary/aromatic N) is 1. The molecule has 0 aliphatic heterocycles. The molecule has 104 valence electrons. The highest BCUT2D eigenvalue weighted by atomic mass is 32.2. The van der Waals surface area contributed by atoms with Crippen LogP contribution in [-0.2, 0) is 19.5 Å². The molecule has 0 saturated carbocycles. The molecule has 0 unspecified atom stereocenters. The Hall–Kier alpha value is -0.210. The highest BCUT2D eigenvalue weighted by molar-refractivity contribution is 7.89. The summed E-state index contributed by atoms with van der Waals surface area (Å²) in [5.74, 6) is -0.0190. The molecule has 0 spiro atoms. The molecule has 0 fully saturated rings. The zero-order valence-corrected chi connectivity index (χ0v) is 11.7. The number of hydrogen-bond acceptors (Lipinski definition) is 5. The van der Waals surface area contributed by atoms with Gasteiger partial charge in [-0.1, -0.05) is 0 Å². The number of sulfonamides is 1. The van der Waals surface area contributed by atoms with E-state index in [4.69, 9.17) is 15.2 Å². The van der Waals surface area contributed by atoms with Crippen molar-refractivity contribution in [3.63, 3.8) is 0 Å². The van der Waals surface area contributed by atoms with Crippen molar-refractivity contribution in [3.05, 3.63) is 0 Å². The lowest BCUT2D eigenvalue weighted by Gasteiger charge is -2.21. The van der Waals surface area contributed by atoms with E-state index in [0.717, 1.165) is 0 Å². The Bertz CT molecular complexity index is 280. The average molecular weight is 268 g/mol. The quantitative estimate of drug-likeness (QED) is 0.585. The molecule has 6 nitrogen and oxygen atoms in total. The molecule has 0 heterocycles. The summed E-state index contributed by atoms with van der Waals surface area (Å²) < 4.78 is 35.4. The lowest BCUT2D eigenvalue weighted by molar-refractivity contribution is 0.0905. The summed E-state index contributed by atoms with van der Waals surface area (Å²) in [6.45, 7) is 5.25. The van der Waals surface area contributed by atoms with Gasteiger partial charge < -0.3 is 15.2 Å². The molecule has 0 atom stereocenters. The van der Waals surface area contributed by atoms with Crippen molar-refractivity contribution in [2.45, 2.75) is 20.0 Å². The van der Waals surface area contributed by atoms with E-state index in [1.54, 1.807) is 0 Å². The molecule has 0 aromatic carbocycles. The van der Waals surface area contributed by atoms with E-state index in [-0.39, 0.29) is 18.5 Å². The Labute approximate surface area is 104 Å². The normalized spacial score (nSPS) is 12.6. The largest absolute Gasteiger partial charge is 0.383 e. The van der Waals surface area contributed by atoms with E-state index in [0.29, 0.717) is 26.2 Å². The number of rotatable bonds is 10. The number of hydrogen-bond donors (Lipinski definition) is 1. The van der Waals surface area contributed by atoms with E-state index < -0.39 is 10.0 Å². The molecule has 0 amide bonds. The number of methoxy groups -OCH3 is 1. The van der Waals surface area contributed by atoms with Gasteiger partial charge in [0.1, 0.15) is 0 Å². The fraction of sp³-hybridized carbons (Fsp3) is 1.00. The Balaban J connectivity index is 4.28. The second-order valence-corrected chi connectivity index (χ2v) is 6.00. The van der Waals surface area contributed by atoms with Crippen LogP contribution < -0.4 is 5.73 Å². The summed E-state index contributed by atoms with van der Waals surface area (Å²) in [7, 11) is -1.77. The molecular weight excluding hydrogens is 244 g/mol. The fourth-order valence-electron chi connectivity index (χ4n) is 1.25. The third-order valence-corrected chi connectivity index (χ3v) is 3.94. The summed E-state index contributed by atoms with van der Waals surface area (Å²) in [5, 5.41) is 0. The highest BCUT2D eigenvalue weighted by Crippen LogP contribution is 2.02. The van der Waals surface area contributed by atoms with E-state index in [1.165, 1.54) is 11.4 Å². The molecule has 2 N–H and O–H groups in total. The minimum absolute atomic E-state index is 0.0190. The zero-order chi connectivity index (χ0) is 13.3. The zero-order valence-electron chi connectivity index (χ0n) is 10.9. The topological polar surface area (TPSA) is 81.9 Å². The third kappa shape index (κ3) is 7.67. The van der Waals surface area contributed by atoms with Crippen molar-refractivity contribution in [1.82, 2.24) is 4.31 Å². The van der Waals surface area contributed by atoms with Crippen LogP contribution in [0.2, 0.25) is 0 Å². The Morgan fingerprint density at radius 3 is 2.35 bits per heavy atom. The summed E-state index contributed by atoms with van der Waals surface area (Å²) in [5.41, 5.74) is 5.40. The van der Waals surface area contributed by atoms with Crippen LogP contribution in [-0.4, -0.2) is 64.5 Å². The molecule has 0 aliphatic carbocycles. The molecule has 0 radical (unpaired) electrons. The number of nitrogens with two attached hydrogens (primary N) is 1. The minimum atomic E-state index is -3.30. The molecule has 17 heavy (non-hydrogen) atoms. The van der Waals surface area contributed by atoms with Crippen LogP contribution in [0.5, 0.6) is 0 Å². The van der Waals surface area contributed by atoms with Gasteiger partial charge in [0, 0.05) is 26.7 Å². The minimum Gasteiger partial charge on any atom is -0.383 e. The van der Waals surface area contributed by atoms with Gasteiger partial charge in [-0.25, -0.2) is 8.42 Å². The van der Waals surface area contributed by atoms with Crippen LogP contribution in [0.25, 0.3) is 0 Å². The van der Waals surface area contributed by atoms with Crippen LogP contribution in [0.15, 0.2) is 0 Å². The lowest BCUT2D eigenvalue weighted by atomic mass is 10.5. The van der Waals surface area contributed by atoms with Crippen molar-refractivity contribution >= 4 is 10.0 Å². The van der Waals surface area contributed by atoms with Crippen molar-refractivity contribution in [1.29, 1.82) is 0 Å². The molecule has 0 rings (SSSR count). The van der Waals surface area contributed by atoms with Crippen LogP contribution in [0.1, 0.15) is 13.8 Å². The maximum atomic E-state index is 11.9. The van der Waals surface area contributed by atoms with Crippen LogP contribution in [0.4, 0.5) is 0 Å². The van der Waals surface area contributed by atoms with Gasteiger partial charge in [-0.2, -0.15) is 4.31 Å². The molecule has 0 aromatic rings. The number of ether oxygens (including phenoxy) is 2. The van der Waals surface area contributed by atoms with Crippen LogP contribution >= 0.6 is 0 Å². The molecule has 0 bridgehead atoms. The van der Waals surface area contributed by atoms with E-state index in [9.17, 15) is 8.42 Å². The van der Waals surface area contributed by atoms with Gasteiger partial charge in [-0.05, 0) is 13.8 Å². The summed E-state index contributed by atoms with van der Waals surface area (Å²) in [6, 6.07) is 0. The predicted molar refractivity (Wildman–Crippen MR) is 67.4 cm³/mol. The molecular formula is C10H24N2O4S. The first-order chi connectivity index (χ1) is 7.94. The fourth-order valence-corrected chi connectivity index (χ4v) is 2.55. The summed E-state index contributed by atoms with van der Waals surface area (Å²) >= 11 is 0. The second-order valence-electron chi connectivity index (χ2n) is 3.92. The predicted octanol–water partition coefficient (Wildman–Crippen LogP) is -0.352. The third-order valence-electron chi connectivity index (χ3n) is 2.11. The Morgan fingerprint density at radius 2 is 1.88 bits per heavy atom. The molecule has 0 aromatic heterocycles. The Morgan fingerprint density at radius 1 is 1.24 bits per heavy atom. The first kappa shape index (κ1) is 16.8. The maximum Gasteiger partial charge on any atom is 0.216 e. The van der Waals surface area contributed by atoms with Crippen LogP contribution in [0.3, 0.4) is 0 Å². The first-order valence-electron chi connectivity index (χ1n) is 5.72. The second kappa shape index (κ2) is 8.82. The van der Waals surface area contributed by atoms with E-state index in [2.05, 4.69) is 0 Å². The average Bonchev–Trinajstić information content (AvgIpc) is 2.23. The SMILES string of the molecule is COCCN(CCN)S(=O)(=O)CCOC(C)C. The van der Waals surface area contributed by atoms with Crippen molar-refractivity contribution in [2.75, 3.05) is 45.7 Å². The van der Waals surface area contributed by atoms with Gasteiger partial charge in [0.25, 0.3) is 0 Å². The lowest BCUT2D eigenvalue weighted by Crippen LogP contribution is -2.40. The smallest absolute Gasteiger partial charge is 0.216 e. The first-order valence-corrected chi connectivity index (χ1v) is 7.33. The molecule has 0 aliphatic rings. The highest BCUT2D eigenvalue weighted by Gasteiger charge is 2.20. The van der Waals surface area contributed by atoms with Gasteiger partial charge in [0.15, 0.2) is 0 Å². The van der Waals surface area contributed by atoms with Crippen molar-refractivity contribution < 1.29 is 17.9 Å². The summed E-state index contributed by atoms with van der Waals surface area (Å²) in [4.78, 5) is 0. The van der Waals surface area contributed by atoms with Gasteiger partial charge in [-0.3, -0.25) is 0 Å². The van der Waals surface area contributed by atoms with Crippen molar-refractivity contribution in [2.24, 2.45) is 5.73 Å².